The zero-order valence-electron chi connectivity index (χ0n) is 18.2. The Kier molecular flexibility index (Phi) is 6.62. The second-order valence-electron chi connectivity index (χ2n) is 8.04. The van der Waals surface area contributed by atoms with Crippen LogP contribution in [0.4, 0.5) is 5.69 Å². The molecule has 0 aliphatic carbocycles. The molecule has 0 atom stereocenters. The maximum Gasteiger partial charge on any atom is 0.270 e. The van der Waals surface area contributed by atoms with Crippen molar-refractivity contribution in [2.45, 2.75) is 37.6 Å². The van der Waals surface area contributed by atoms with E-state index in [2.05, 4.69) is 15.2 Å². The molecule has 0 spiro atoms. The van der Waals surface area contributed by atoms with Gasteiger partial charge in [0.15, 0.2) is 9.84 Å². The Morgan fingerprint density at radius 1 is 1.09 bits per heavy atom. The van der Waals surface area contributed by atoms with Crippen LogP contribution in [-0.4, -0.2) is 44.2 Å². The molecule has 168 valence electrons. The van der Waals surface area contributed by atoms with Crippen LogP contribution in [0.3, 0.4) is 0 Å². The number of amides is 1. The number of aromatic nitrogens is 1. The maximum atomic E-state index is 12.7. The Balaban J connectivity index is 1.32. The molecule has 1 saturated heterocycles. The van der Waals surface area contributed by atoms with Crippen molar-refractivity contribution in [3.63, 3.8) is 0 Å². The van der Waals surface area contributed by atoms with Crippen LogP contribution in [0.5, 0.6) is 0 Å². The number of carbonyl (C=O) groups excluding carboxylic acids is 1. The van der Waals surface area contributed by atoms with Crippen molar-refractivity contribution >= 4 is 32.8 Å². The van der Waals surface area contributed by atoms with Crippen molar-refractivity contribution in [1.82, 2.24) is 10.3 Å². The largest absolute Gasteiger partial charge is 0.371 e. The molecule has 0 radical (unpaired) electrons. The lowest BCUT2D eigenvalue weighted by molar-refractivity contribution is 0.0927. The number of anilines is 1. The Hall–Kier alpha value is -2.71. The number of nitrogens with one attached hydrogen (secondary N) is 1. The quantitative estimate of drug-likeness (QED) is 0.582. The molecule has 1 fully saturated rings. The van der Waals surface area contributed by atoms with Crippen LogP contribution in [0.2, 0.25) is 0 Å². The Bertz CT molecular complexity index is 1180. The van der Waals surface area contributed by atoms with E-state index in [-0.39, 0.29) is 17.7 Å². The van der Waals surface area contributed by atoms with Crippen molar-refractivity contribution in [2.75, 3.05) is 23.7 Å². The van der Waals surface area contributed by atoms with Gasteiger partial charge in [-0.05, 0) is 44.0 Å². The molecule has 8 heteroatoms. The van der Waals surface area contributed by atoms with Gasteiger partial charge in [0.1, 0.15) is 10.7 Å². The number of aryl methyl sites for hydroxylation is 1. The van der Waals surface area contributed by atoms with Gasteiger partial charge in [0.05, 0.1) is 10.6 Å². The summed E-state index contributed by atoms with van der Waals surface area (Å²) in [5.74, 6) is -0.0321. The summed E-state index contributed by atoms with van der Waals surface area (Å²) in [4.78, 5) is 19.8. The fraction of sp³-hybridized carbons (Fsp3) is 0.333. The number of thiazole rings is 1. The Morgan fingerprint density at radius 2 is 1.75 bits per heavy atom. The smallest absolute Gasteiger partial charge is 0.270 e. The summed E-state index contributed by atoms with van der Waals surface area (Å²) in [5, 5.41) is 5.77. The summed E-state index contributed by atoms with van der Waals surface area (Å²) in [6.07, 6.45) is 1.66. The van der Waals surface area contributed by atoms with Gasteiger partial charge in [0.25, 0.3) is 5.91 Å². The van der Waals surface area contributed by atoms with E-state index in [1.807, 2.05) is 48.7 Å². The lowest BCUT2D eigenvalue weighted by Crippen LogP contribution is -2.44. The number of hydrogen-bond donors (Lipinski definition) is 1. The van der Waals surface area contributed by atoms with Crippen LogP contribution in [0, 0.1) is 6.92 Å². The van der Waals surface area contributed by atoms with Crippen molar-refractivity contribution in [3.8, 4) is 10.6 Å². The molecule has 2 heterocycles. The van der Waals surface area contributed by atoms with Gasteiger partial charge in [-0.2, -0.15) is 0 Å². The van der Waals surface area contributed by atoms with Crippen LogP contribution in [0.15, 0.2) is 58.8 Å². The van der Waals surface area contributed by atoms with Crippen molar-refractivity contribution < 1.29 is 13.2 Å². The third-order valence-corrected chi connectivity index (χ3v) is 8.45. The minimum atomic E-state index is -3.18. The predicted molar refractivity (Wildman–Crippen MR) is 129 cm³/mol. The zero-order chi connectivity index (χ0) is 22.7. The highest BCUT2D eigenvalue weighted by Crippen LogP contribution is 2.25. The van der Waals surface area contributed by atoms with E-state index in [1.165, 1.54) is 16.9 Å². The summed E-state index contributed by atoms with van der Waals surface area (Å²) >= 11 is 1.48. The average Bonchev–Trinajstić information content (AvgIpc) is 3.31. The first-order valence-electron chi connectivity index (χ1n) is 10.8. The van der Waals surface area contributed by atoms with E-state index < -0.39 is 9.84 Å². The van der Waals surface area contributed by atoms with Gasteiger partial charge in [-0.25, -0.2) is 13.4 Å². The normalized spacial score (nSPS) is 15.0. The molecule has 32 heavy (non-hydrogen) atoms. The fourth-order valence-electron chi connectivity index (χ4n) is 3.78. The number of sulfone groups is 1. The highest BCUT2D eigenvalue weighted by atomic mass is 32.2. The molecule has 0 bridgehead atoms. The monoisotopic (exact) mass is 469 g/mol. The van der Waals surface area contributed by atoms with Crippen LogP contribution in [0.25, 0.3) is 10.6 Å². The van der Waals surface area contributed by atoms with E-state index in [0.717, 1.165) is 42.2 Å². The van der Waals surface area contributed by atoms with Crippen molar-refractivity contribution in [2.24, 2.45) is 0 Å². The first-order valence-corrected chi connectivity index (χ1v) is 13.3. The number of nitrogens with zero attached hydrogens (tertiary/aromatic N) is 2. The van der Waals surface area contributed by atoms with Crippen LogP contribution in [0.1, 0.15) is 35.8 Å². The van der Waals surface area contributed by atoms with Gasteiger partial charge in [-0.1, -0.05) is 36.8 Å². The maximum absolute atomic E-state index is 12.7. The first-order chi connectivity index (χ1) is 15.4. The molecular formula is C24H27N3O3S2. The van der Waals surface area contributed by atoms with Gasteiger partial charge in [0.2, 0.25) is 0 Å². The van der Waals surface area contributed by atoms with E-state index in [0.29, 0.717) is 10.6 Å². The summed E-state index contributed by atoms with van der Waals surface area (Å²) in [5.41, 5.74) is 3.68. The highest BCUT2D eigenvalue weighted by molar-refractivity contribution is 7.91. The third kappa shape index (κ3) is 5.02. The van der Waals surface area contributed by atoms with E-state index in [4.69, 9.17) is 0 Å². The molecule has 1 N–H and O–H groups in total. The number of benzene rings is 2. The summed E-state index contributed by atoms with van der Waals surface area (Å²) in [6.45, 7) is 5.30. The van der Waals surface area contributed by atoms with E-state index >= 15 is 0 Å². The molecule has 1 aliphatic rings. The average molecular weight is 470 g/mol. The molecule has 4 rings (SSSR count). The molecule has 6 nitrogen and oxygen atoms in total. The lowest BCUT2D eigenvalue weighted by atomic mass is 10.0. The van der Waals surface area contributed by atoms with Gasteiger partial charge < -0.3 is 10.2 Å². The zero-order valence-corrected chi connectivity index (χ0v) is 19.9. The van der Waals surface area contributed by atoms with Gasteiger partial charge in [-0.15, -0.1) is 11.3 Å². The summed E-state index contributed by atoms with van der Waals surface area (Å²) in [7, 11) is -3.18. The predicted octanol–water partition coefficient (Wildman–Crippen LogP) is 4.31. The molecule has 0 saturated carbocycles. The Labute approximate surface area is 193 Å². The van der Waals surface area contributed by atoms with Gasteiger partial charge >= 0.3 is 0 Å². The molecule has 1 aromatic heterocycles. The van der Waals surface area contributed by atoms with Crippen LogP contribution >= 0.6 is 11.3 Å². The highest BCUT2D eigenvalue weighted by Gasteiger charge is 2.23. The Morgan fingerprint density at radius 3 is 2.38 bits per heavy atom. The molecule has 3 aromatic rings. The van der Waals surface area contributed by atoms with E-state index in [9.17, 15) is 13.2 Å². The van der Waals surface area contributed by atoms with E-state index in [1.54, 1.807) is 19.1 Å². The fourth-order valence-corrected chi connectivity index (χ4v) is 5.47. The molecule has 0 unspecified atom stereocenters. The number of piperidine rings is 1. The lowest BCUT2D eigenvalue weighted by Gasteiger charge is -2.34. The minimum Gasteiger partial charge on any atom is -0.371 e. The SMILES string of the molecule is CCS(=O)(=O)c1ccc(N2CCC(NC(=O)c3csc(-c4ccc(C)cc4)n3)CC2)cc1. The van der Waals surface area contributed by atoms with Gasteiger partial charge in [-0.3, -0.25) is 4.79 Å². The van der Waals surface area contributed by atoms with Crippen molar-refractivity contribution in [3.05, 3.63) is 65.2 Å². The standard InChI is InChI=1S/C24H27N3O3S2/c1-3-32(29,30)21-10-8-20(9-11-21)27-14-12-19(13-15-27)25-23(28)22-16-31-24(26-22)18-6-4-17(2)5-7-18/h4-11,16,19H,3,12-15H2,1-2H3,(H,25,28). The van der Waals surface area contributed by atoms with Crippen molar-refractivity contribution in [1.29, 1.82) is 0 Å². The summed E-state index contributed by atoms with van der Waals surface area (Å²) in [6, 6.07) is 15.3. The number of carbonyl (C=O) groups is 1. The third-order valence-electron chi connectivity index (χ3n) is 5.81. The van der Waals surface area contributed by atoms with Crippen LogP contribution < -0.4 is 10.2 Å². The molecule has 2 aromatic carbocycles. The molecule has 1 aliphatic heterocycles. The summed E-state index contributed by atoms with van der Waals surface area (Å²) < 4.78 is 24.0. The minimum absolute atomic E-state index is 0.100. The van der Waals surface area contributed by atoms with Crippen LogP contribution in [-0.2, 0) is 9.84 Å². The van der Waals surface area contributed by atoms with Gasteiger partial charge in [0, 0.05) is 35.8 Å². The molecular weight excluding hydrogens is 442 g/mol. The molecule has 1 amide bonds. The topological polar surface area (TPSA) is 79.4 Å². The second-order valence-corrected chi connectivity index (χ2v) is 11.2. The first kappa shape index (κ1) is 22.5. The second kappa shape index (κ2) is 9.42. The number of hydrogen-bond acceptors (Lipinski definition) is 6. The number of rotatable bonds is 6.